The van der Waals surface area contributed by atoms with Crippen molar-refractivity contribution in [2.75, 3.05) is 11.9 Å². The summed E-state index contributed by atoms with van der Waals surface area (Å²) in [6, 6.07) is 13.6. The average Bonchev–Trinajstić information content (AvgIpc) is 3.01. The van der Waals surface area contributed by atoms with Crippen molar-refractivity contribution in [2.24, 2.45) is 0 Å². The van der Waals surface area contributed by atoms with Gasteiger partial charge in [0.15, 0.2) is 0 Å². The van der Waals surface area contributed by atoms with E-state index >= 15 is 0 Å². The Morgan fingerprint density at radius 3 is 2.38 bits per heavy atom. The van der Waals surface area contributed by atoms with Gasteiger partial charge in [-0.25, -0.2) is 12.8 Å². The van der Waals surface area contributed by atoms with Gasteiger partial charge in [-0.1, -0.05) is 18.2 Å². The van der Waals surface area contributed by atoms with E-state index in [1.165, 1.54) is 12.1 Å². The lowest BCUT2D eigenvalue weighted by atomic mass is 10.2. The van der Waals surface area contributed by atoms with Crippen molar-refractivity contribution in [3.8, 4) is 11.5 Å². The molecule has 3 rings (SSSR count). The van der Waals surface area contributed by atoms with Crippen LogP contribution in [0, 0.1) is 5.82 Å². The van der Waals surface area contributed by atoms with Gasteiger partial charge in [0.1, 0.15) is 5.82 Å². The van der Waals surface area contributed by atoms with E-state index in [1.54, 1.807) is 24.3 Å². The lowest BCUT2D eigenvalue weighted by Gasteiger charge is -2.04. The zero-order chi connectivity index (χ0) is 17.2. The predicted octanol–water partition coefficient (Wildman–Crippen LogP) is 3.75. The number of halogens is 1. The average molecular weight is 346 g/mol. The summed E-state index contributed by atoms with van der Waals surface area (Å²) in [5, 5.41) is 2.66. The Labute approximate surface area is 139 Å². The standard InChI is InChI=1S/C17H15FN2O3S/c1-2-19-16-17(20-15(23-16)12-6-4-3-5-7-12)24(21,22)14-10-8-13(18)9-11-14/h3-11,19H,2H2,1H3. The van der Waals surface area contributed by atoms with Crippen LogP contribution in [-0.4, -0.2) is 19.9 Å². The largest absolute Gasteiger partial charge is 0.419 e. The van der Waals surface area contributed by atoms with E-state index in [1.807, 2.05) is 13.0 Å². The molecule has 0 aliphatic rings. The smallest absolute Gasteiger partial charge is 0.233 e. The number of nitrogens with one attached hydrogen (secondary N) is 1. The number of sulfone groups is 1. The highest BCUT2D eigenvalue weighted by molar-refractivity contribution is 7.91. The highest BCUT2D eigenvalue weighted by atomic mass is 32.2. The number of hydrogen-bond donors (Lipinski definition) is 1. The normalized spacial score (nSPS) is 11.4. The Kier molecular flexibility index (Phi) is 4.35. The van der Waals surface area contributed by atoms with E-state index in [2.05, 4.69) is 10.3 Å². The van der Waals surface area contributed by atoms with Gasteiger partial charge in [-0.2, -0.15) is 4.98 Å². The van der Waals surface area contributed by atoms with Crippen molar-refractivity contribution in [3.05, 3.63) is 60.4 Å². The van der Waals surface area contributed by atoms with Crippen LogP contribution in [0.4, 0.5) is 10.3 Å². The molecule has 0 saturated carbocycles. The summed E-state index contributed by atoms with van der Waals surface area (Å²) in [6.07, 6.45) is 0. The fraction of sp³-hybridized carbons (Fsp3) is 0.118. The van der Waals surface area contributed by atoms with Crippen LogP contribution < -0.4 is 5.32 Å². The lowest BCUT2D eigenvalue weighted by Crippen LogP contribution is -2.07. The quantitative estimate of drug-likeness (QED) is 0.713. The molecule has 0 aliphatic carbocycles. The third-order valence-electron chi connectivity index (χ3n) is 3.33. The maximum absolute atomic E-state index is 13.1. The van der Waals surface area contributed by atoms with Crippen LogP contribution in [-0.2, 0) is 9.84 Å². The monoisotopic (exact) mass is 346 g/mol. The Morgan fingerprint density at radius 2 is 1.75 bits per heavy atom. The van der Waals surface area contributed by atoms with Gasteiger partial charge in [-0.3, -0.25) is 0 Å². The van der Waals surface area contributed by atoms with Crippen LogP contribution in [0.15, 0.2) is 68.9 Å². The van der Waals surface area contributed by atoms with E-state index < -0.39 is 15.7 Å². The molecule has 1 aromatic heterocycles. The van der Waals surface area contributed by atoms with Crippen molar-refractivity contribution in [3.63, 3.8) is 0 Å². The molecular formula is C17H15FN2O3S. The summed E-state index contributed by atoms with van der Waals surface area (Å²) in [6.45, 7) is 2.29. The Balaban J connectivity index is 2.12. The van der Waals surface area contributed by atoms with Crippen molar-refractivity contribution in [1.29, 1.82) is 0 Å². The Hall–Kier alpha value is -2.67. The fourth-order valence-corrected chi connectivity index (χ4v) is 3.47. The van der Waals surface area contributed by atoms with Gasteiger partial charge in [0.2, 0.25) is 26.6 Å². The molecule has 0 amide bonds. The number of hydrogen-bond acceptors (Lipinski definition) is 5. The summed E-state index contributed by atoms with van der Waals surface area (Å²) in [4.78, 5) is 4.11. The molecule has 0 bridgehead atoms. The van der Waals surface area contributed by atoms with Crippen molar-refractivity contribution < 1.29 is 17.2 Å². The molecular weight excluding hydrogens is 331 g/mol. The van der Waals surface area contributed by atoms with E-state index in [-0.39, 0.29) is 21.7 Å². The minimum Gasteiger partial charge on any atom is -0.419 e. The third kappa shape index (κ3) is 3.03. The second-order valence-electron chi connectivity index (χ2n) is 5.01. The number of nitrogens with zero attached hydrogens (tertiary/aromatic N) is 1. The van der Waals surface area contributed by atoms with E-state index in [9.17, 15) is 12.8 Å². The van der Waals surface area contributed by atoms with E-state index in [0.29, 0.717) is 12.1 Å². The van der Waals surface area contributed by atoms with Crippen LogP contribution in [0.3, 0.4) is 0 Å². The summed E-state index contributed by atoms with van der Waals surface area (Å²) in [5.74, 6) is -0.237. The maximum atomic E-state index is 13.1. The Bertz CT molecular complexity index is 936. The van der Waals surface area contributed by atoms with E-state index in [4.69, 9.17) is 4.42 Å². The van der Waals surface area contributed by atoms with Gasteiger partial charge < -0.3 is 9.73 Å². The third-order valence-corrected chi connectivity index (χ3v) is 5.01. The predicted molar refractivity (Wildman–Crippen MR) is 88.0 cm³/mol. The molecule has 0 spiro atoms. The first kappa shape index (κ1) is 16.2. The molecule has 3 aromatic rings. The second-order valence-corrected chi connectivity index (χ2v) is 6.87. The van der Waals surface area contributed by atoms with Crippen LogP contribution in [0.5, 0.6) is 0 Å². The van der Waals surface area contributed by atoms with Gasteiger partial charge in [0.05, 0.1) is 4.90 Å². The van der Waals surface area contributed by atoms with Crippen molar-refractivity contribution in [1.82, 2.24) is 4.98 Å². The van der Waals surface area contributed by atoms with Crippen LogP contribution in [0.25, 0.3) is 11.5 Å². The maximum Gasteiger partial charge on any atom is 0.233 e. The minimum atomic E-state index is -3.93. The number of rotatable bonds is 5. The summed E-state index contributed by atoms with van der Waals surface area (Å²) < 4.78 is 44.3. The summed E-state index contributed by atoms with van der Waals surface area (Å²) in [7, 11) is -3.93. The first-order chi connectivity index (χ1) is 11.5. The zero-order valence-electron chi connectivity index (χ0n) is 12.9. The molecule has 0 fully saturated rings. The van der Waals surface area contributed by atoms with Crippen molar-refractivity contribution in [2.45, 2.75) is 16.8 Å². The molecule has 0 atom stereocenters. The molecule has 0 aliphatic heterocycles. The van der Waals surface area contributed by atoms with Crippen LogP contribution in [0.2, 0.25) is 0 Å². The topological polar surface area (TPSA) is 72.2 Å². The highest BCUT2D eigenvalue weighted by Crippen LogP contribution is 2.32. The van der Waals surface area contributed by atoms with Crippen molar-refractivity contribution >= 4 is 15.7 Å². The number of aromatic nitrogens is 1. The molecule has 24 heavy (non-hydrogen) atoms. The molecule has 7 heteroatoms. The first-order valence-corrected chi connectivity index (χ1v) is 8.81. The van der Waals surface area contributed by atoms with Crippen LogP contribution in [0.1, 0.15) is 6.92 Å². The van der Waals surface area contributed by atoms with Gasteiger partial charge in [-0.05, 0) is 43.3 Å². The van der Waals surface area contributed by atoms with Gasteiger partial charge >= 0.3 is 0 Å². The van der Waals surface area contributed by atoms with Gasteiger partial charge in [0.25, 0.3) is 0 Å². The number of oxazole rings is 1. The minimum absolute atomic E-state index is 0.0454. The van der Waals surface area contributed by atoms with Crippen LogP contribution >= 0.6 is 0 Å². The zero-order valence-corrected chi connectivity index (χ0v) is 13.7. The number of benzene rings is 2. The number of anilines is 1. The molecule has 124 valence electrons. The van der Waals surface area contributed by atoms with Gasteiger partial charge in [0, 0.05) is 12.1 Å². The summed E-state index contributed by atoms with van der Waals surface area (Å²) in [5.41, 5.74) is 0.664. The molecule has 2 aromatic carbocycles. The molecule has 0 saturated heterocycles. The molecule has 0 radical (unpaired) electrons. The lowest BCUT2D eigenvalue weighted by molar-refractivity contribution is 0.578. The fourth-order valence-electron chi connectivity index (χ4n) is 2.19. The molecule has 1 heterocycles. The molecule has 1 N–H and O–H groups in total. The highest BCUT2D eigenvalue weighted by Gasteiger charge is 2.28. The second kappa shape index (κ2) is 6.45. The SMILES string of the molecule is CCNc1oc(-c2ccccc2)nc1S(=O)(=O)c1ccc(F)cc1. The first-order valence-electron chi connectivity index (χ1n) is 7.33. The molecule has 0 unspecified atom stereocenters. The molecule has 5 nitrogen and oxygen atoms in total. The van der Waals surface area contributed by atoms with Gasteiger partial charge in [-0.15, -0.1) is 0 Å². The summed E-state index contributed by atoms with van der Waals surface area (Å²) >= 11 is 0. The van der Waals surface area contributed by atoms with E-state index in [0.717, 1.165) is 12.1 Å². The Morgan fingerprint density at radius 1 is 1.08 bits per heavy atom.